The molecule has 6 heteroatoms. The van der Waals surface area contributed by atoms with Gasteiger partial charge in [-0.1, -0.05) is 11.8 Å². The summed E-state index contributed by atoms with van der Waals surface area (Å²) in [6, 6.07) is 11.6. The van der Waals surface area contributed by atoms with Gasteiger partial charge in [0.1, 0.15) is 5.75 Å². The molecular weight excluding hydrogens is 318 g/mol. The highest BCUT2D eigenvalue weighted by Crippen LogP contribution is 2.34. The first-order valence-corrected chi connectivity index (χ1v) is 6.58. The number of hydrogen-bond acceptors (Lipinski definition) is 4. The van der Waals surface area contributed by atoms with Gasteiger partial charge in [0.05, 0.1) is 9.40 Å². The zero-order valence-electron chi connectivity index (χ0n) is 9.04. The van der Waals surface area contributed by atoms with Gasteiger partial charge < -0.3 is 5.11 Å². The first-order chi connectivity index (χ1) is 8.56. The number of hydrogen-bond donors (Lipinski definition) is 1. The van der Waals surface area contributed by atoms with Gasteiger partial charge in [-0.05, 0) is 52.3 Å². The average molecular weight is 326 g/mol. The molecule has 0 atom stereocenters. The molecule has 1 N–H and O–H groups in total. The zero-order chi connectivity index (χ0) is 13.1. The van der Waals surface area contributed by atoms with E-state index in [0.717, 1.165) is 9.79 Å². The summed E-state index contributed by atoms with van der Waals surface area (Å²) in [6.07, 6.45) is 0. The molecular formula is C12H8BrNO3S. The monoisotopic (exact) mass is 325 g/mol. The van der Waals surface area contributed by atoms with Crippen molar-refractivity contribution >= 4 is 33.4 Å². The molecule has 18 heavy (non-hydrogen) atoms. The molecule has 4 nitrogen and oxygen atoms in total. The van der Waals surface area contributed by atoms with Crippen molar-refractivity contribution in [2.24, 2.45) is 0 Å². The van der Waals surface area contributed by atoms with Gasteiger partial charge in [-0.3, -0.25) is 10.1 Å². The van der Waals surface area contributed by atoms with Crippen molar-refractivity contribution in [1.29, 1.82) is 0 Å². The highest BCUT2D eigenvalue weighted by Gasteiger charge is 2.11. The second kappa shape index (κ2) is 5.41. The Bertz CT molecular complexity index is 586. The van der Waals surface area contributed by atoms with Crippen LogP contribution in [0.5, 0.6) is 5.75 Å². The van der Waals surface area contributed by atoms with Crippen molar-refractivity contribution < 1.29 is 10.0 Å². The Hall–Kier alpha value is -1.53. The summed E-state index contributed by atoms with van der Waals surface area (Å²) in [5, 5.41) is 19.8. The van der Waals surface area contributed by atoms with Crippen LogP contribution in [0.2, 0.25) is 0 Å². The lowest BCUT2D eigenvalue weighted by atomic mass is 10.3. The average Bonchev–Trinajstić information content (AvgIpc) is 2.32. The molecule has 0 aromatic heterocycles. The smallest absolute Gasteiger partial charge is 0.283 e. The number of aromatic hydroxyl groups is 1. The Labute approximate surface area is 116 Å². The summed E-state index contributed by atoms with van der Waals surface area (Å²) in [7, 11) is 0. The summed E-state index contributed by atoms with van der Waals surface area (Å²) < 4.78 is 0.455. The summed E-state index contributed by atoms with van der Waals surface area (Å²) in [5.74, 6) is 0.212. The predicted octanol–water partition coefficient (Wildman–Crippen LogP) is 4.21. The first kappa shape index (κ1) is 12.9. The van der Waals surface area contributed by atoms with E-state index in [2.05, 4.69) is 15.9 Å². The van der Waals surface area contributed by atoms with E-state index in [4.69, 9.17) is 0 Å². The van der Waals surface area contributed by atoms with Gasteiger partial charge in [-0.15, -0.1) is 0 Å². The number of benzene rings is 2. The number of phenols is 1. The topological polar surface area (TPSA) is 63.4 Å². The van der Waals surface area contributed by atoms with E-state index < -0.39 is 4.92 Å². The van der Waals surface area contributed by atoms with E-state index in [-0.39, 0.29) is 11.4 Å². The minimum absolute atomic E-state index is 0.0463. The molecule has 0 saturated heterocycles. The lowest BCUT2D eigenvalue weighted by Gasteiger charge is -2.03. The lowest BCUT2D eigenvalue weighted by Crippen LogP contribution is -1.88. The van der Waals surface area contributed by atoms with Gasteiger partial charge in [0, 0.05) is 15.9 Å². The number of nitro benzene ring substituents is 1. The van der Waals surface area contributed by atoms with Gasteiger partial charge in [-0.2, -0.15) is 0 Å². The summed E-state index contributed by atoms with van der Waals surface area (Å²) in [6.45, 7) is 0. The first-order valence-electron chi connectivity index (χ1n) is 4.97. The molecule has 0 unspecified atom stereocenters. The van der Waals surface area contributed by atoms with E-state index in [1.165, 1.54) is 17.8 Å². The minimum atomic E-state index is -0.431. The molecule has 0 saturated carbocycles. The summed E-state index contributed by atoms with van der Waals surface area (Å²) in [4.78, 5) is 12.1. The Morgan fingerprint density at radius 3 is 2.28 bits per heavy atom. The largest absolute Gasteiger partial charge is 0.508 e. The van der Waals surface area contributed by atoms with Crippen LogP contribution in [0, 0.1) is 10.1 Å². The fraction of sp³-hybridized carbons (Fsp3) is 0. The summed E-state index contributed by atoms with van der Waals surface area (Å²) >= 11 is 4.64. The van der Waals surface area contributed by atoms with Gasteiger partial charge in [0.15, 0.2) is 0 Å². The van der Waals surface area contributed by atoms with Crippen LogP contribution >= 0.6 is 27.7 Å². The van der Waals surface area contributed by atoms with Crippen molar-refractivity contribution in [2.45, 2.75) is 9.79 Å². The van der Waals surface area contributed by atoms with E-state index in [1.807, 2.05) is 0 Å². The Kier molecular flexibility index (Phi) is 3.88. The SMILES string of the molecule is O=[N+]([O-])c1ccc(Sc2ccc(O)cc2)cc1Br. The molecule has 0 radical (unpaired) electrons. The fourth-order valence-corrected chi connectivity index (χ4v) is 2.88. The van der Waals surface area contributed by atoms with Crippen LogP contribution in [0.4, 0.5) is 5.69 Å². The van der Waals surface area contributed by atoms with Gasteiger partial charge in [0.2, 0.25) is 0 Å². The van der Waals surface area contributed by atoms with Crippen LogP contribution in [0.15, 0.2) is 56.7 Å². The Morgan fingerprint density at radius 1 is 1.11 bits per heavy atom. The minimum Gasteiger partial charge on any atom is -0.508 e. The van der Waals surface area contributed by atoms with Crippen molar-refractivity contribution in [3.63, 3.8) is 0 Å². The van der Waals surface area contributed by atoms with Crippen LogP contribution in [-0.2, 0) is 0 Å². The molecule has 0 spiro atoms. The Balaban J connectivity index is 2.22. The van der Waals surface area contributed by atoms with Crippen molar-refractivity contribution in [3.8, 4) is 5.75 Å². The molecule has 0 heterocycles. The van der Waals surface area contributed by atoms with Crippen LogP contribution in [0.25, 0.3) is 0 Å². The molecule has 0 aliphatic heterocycles. The highest BCUT2D eigenvalue weighted by atomic mass is 79.9. The predicted molar refractivity (Wildman–Crippen MR) is 73.0 cm³/mol. The molecule has 0 aliphatic rings. The van der Waals surface area contributed by atoms with Crippen LogP contribution in [0.3, 0.4) is 0 Å². The van der Waals surface area contributed by atoms with E-state index >= 15 is 0 Å². The lowest BCUT2D eigenvalue weighted by molar-refractivity contribution is -0.385. The van der Waals surface area contributed by atoms with Crippen LogP contribution in [-0.4, -0.2) is 10.0 Å². The van der Waals surface area contributed by atoms with Gasteiger partial charge in [0.25, 0.3) is 5.69 Å². The van der Waals surface area contributed by atoms with Crippen molar-refractivity contribution in [1.82, 2.24) is 0 Å². The second-order valence-electron chi connectivity index (χ2n) is 3.47. The maximum atomic E-state index is 10.7. The van der Waals surface area contributed by atoms with Gasteiger partial charge >= 0.3 is 0 Å². The van der Waals surface area contributed by atoms with E-state index in [9.17, 15) is 15.2 Å². The van der Waals surface area contributed by atoms with Crippen LogP contribution < -0.4 is 0 Å². The normalized spacial score (nSPS) is 10.3. The molecule has 0 aliphatic carbocycles. The third-order valence-electron chi connectivity index (χ3n) is 2.19. The Morgan fingerprint density at radius 2 is 1.72 bits per heavy atom. The molecule has 92 valence electrons. The second-order valence-corrected chi connectivity index (χ2v) is 5.47. The van der Waals surface area contributed by atoms with E-state index in [1.54, 1.807) is 36.4 Å². The summed E-state index contributed by atoms with van der Waals surface area (Å²) in [5.41, 5.74) is 0.0463. The molecule has 2 aromatic rings. The fourth-order valence-electron chi connectivity index (χ4n) is 1.35. The third-order valence-corrected chi connectivity index (χ3v) is 3.82. The number of nitro groups is 1. The standard InChI is InChI=1S/C12H8BrNO3S/c13-11-7-10(5-6-12(11)14(16)17)18-9-3-1-8(15)2-4-9/h1-7,15H. The number of rotatable bonds is 3. The third kappa shape index (κ3) is 3.02. The number of nitrogens with zero attached hydrogens (tertiary/aromatic N) is 1. The molecule has 2 rings (SSSR count). The molecule has 0 amide bonds. The number of halogens is 1. The molecule has 0 fully saturated rings. The van der Waals surface area contributed by atoms with Gasteiger partial charge in [-0.25, -0.2) is 0 Å². The molecule has 0 bridgehead atoms. The quantitative estimate of drug-likeness (QED) is 0.678. The maximum absolute atomic E-state index is 10.7. The van der Waals surface area contributed by atoms with Crippen molar-refractivity contribution in [3.05, 3.63) is 57.1 Å². The highest BCUT2D eigenvalue weighted by molar-refractivity contribution is 9.10. The van der Waals surface area contributed by atoms with Crippen molar-refractivity contribution in [2.75, 3.05) is 0 Å². The number of phenolic OH excluding ortho intramolecular Hbond substituents is 1. The zero-order valence-corrected chi connectivity index (χ0v) is 11.4. The maximum Gasteiger partial charge on any atom is 0.283 e. The molecule has 2 aromatic carbocycles. The van der Waals surface area contributed by atoms with E-state index in [0.29, 0.717) is 4.47 Å². The van der Waals surface area contributed by atoms with Crippen LogP contribution in [0.1, 0.15) is 0 Å².